The Labute approximate surface area is 178 Å². The molecule has 0 unspecified atom stereocenters. The predicted molar refractivity (Wildman–Crippen MR) is 110 cm³/mol. The molecule has 2 aliphatic heterocycles. The van der Waals surface area contributed by atoms with Crippen LogP contribution < -0.4 is 19.7 Å². The van der Waals surface area contributed by atoms with Gasteiger partial charge in [-0.25, -0.2) is 4.39 Å². The average molecular weight is 427 g/mol. The standard InChI is InChI=1S/C22H22FN3O5/c1-14(27)15-2-4-18(17(23)10-15)25-6-8-26(9-7-25)21(28)12-24-22(29)16-3-5-19-20(11-16)31-13-30-19/h2-5,10-11H,6-9,12-13H2,1H3,(H,24,29). The predicted octanol–water partition coefficient (Wildman–Crippen LogP) is 1.84. The van der Waals surface area contributed by atoms with Crippen LogP contribution in [0.4, 0.5) is 10.1 Å². The Morgan fingerprint density at radius 2 is 1.68 bits per heavy atom. The number of carbonyl (C=O) groups excluding carboxylic acids is 3. The lowest BCUT2D eigenvalue weighted by Crippen LogP contribution is -2.51. The molecule has 0 aromatic heterocycles. The summed E-state index contributed by atoms with van der Waals surface area (Å²) >= 11 is 0. The molecule has 2 aromatic rings. The zero-order valence-corrected chi connectivity index (χ0v) is 17.0. The Bertz CT molecular complexity index is 1030. The highest BCUT2D eigenvalue weighted by atomic mass is 19.1. The van der Waals surface area contributed by atoms with Crippen molar-refractivity contribution in [3.05, 3.63) is 53.3 Å². The Hall–Kier alpha value is -3.62. The van der Waals surface area contributed by atoms with Crippen molar-refractivity contribution in [2.75, 3.05) is 44.4 Å². The third-order valence-electron chi connectivity index (χ3n) is 5.36. The van der Waals surface area contributed by atoms with Gasteiger partial charge in [0.15, 0.2) is 17.3 Å². The van der Waals surface area contributed by atoms with Crippen LogP contribution in [-0.2, 0) is 4.79 Å². The highest BCUT2D eigenvalue weighted by Gasteiger charge is 2.24. The fraction of sp³-hybridized carbons (Fsp3) is 0.318. The largest absolute Gasteiger partial charge is 0.454 e. The molecule has 1 N–H and O–H groups in total. The van der Waals surface area contributed by atoms with Crippen LogP contribution in [0.5, 0.6) is 11.5 Å². The number of ether oxygens (including phenoxy) is 2. The molecule has 162 valence electrons. The van der Waals surface area contributed by atoms with E-state index in [-0.39, 0.29) is 30.9 Å². The maximum absolute atomic E-state index is 14.4. The molecule has 31 heavy (non-hydrogen) atoms. The van der Waals surface area contributed by atoms with Crippen molar-refractivity contribution in [3.8, 4) is 11.5 Å². The first kappa shape index (κ1) is 20.6. The van der Waals surface area contributed by atoms with Gasteiger partial charge in [-0.15, -0.1) is 0 Å². The molecule has 0 radical (unpaired) electrons. The molecule has 0 spiro atoms. The van der Waals surface area contributed by atoms with E-state index < -0.39 is 5.82 Å². The van der Waals surface area contributed by atoms with E-state index in [9.17, 15) is 18.8 Å². The maximum Gasteiger partial charge on any atom is 0.251 e. The molecule has 2 amide bonds. The van der Waals surface area contributed by atoms with Gasteiger partial charge in [-0.2, -0.15) is 0 Å². The van der Waals surface area contributed by atoms with Gasteiger partial charge in [0.2, 0.25) is 12.7 Å². The molecule has 0 saturated carbocycles. The van der Waals surface area contributed by atoms with Crippen molar-refractivity contribution in [2.45, 2.75) is 6.92 Å². The van der Waals surface area contributed by atoms with E-state index in [1.54, 1.807) is 35.2 Å². The van der Waals surface area contributed by atoms with E-state index in [0.717, 1.165) is 0 Å². The monoisotopic (exact) mass is 427 g/mol. The van der Waals surface area contributed by atoms with Gasteiger partial charge in [-0.3, -0.25) is 14.4 Å². The second kappa shape index (κ2) is 8.63. The number of amides is 2. The van der Waals surface area contributed by atoms with Crippen LogP contribution >= 0.6 is 0 Å². The molecule has 2 aromatic carbocycles. The second-order valence-corrected chi connectivity index (χ2v) is 7.34. The number of benzene rings is 2. The van der Waals surface area contributed by atoms with Crippen LogP contribution in [0.2, 0.25) is 0 Å². The number of halogens is 1. The lowest BCUT2D eigenvalue weighted by atomic mass is 10.1. The molecule has 0 bridgehead atoms. The maximum atomic E-state index is 14.4. The van der Waals surface area contributed by atoms with Crippen molar-refractivity contribution >= 4 is 23.3 Å². The molecule has 0 atom stereocenters. The fourth-order valence-corrected chi connectivity index (χ4v) is 3.59. The first-order valence-electron chi connectivity index (χ1n) is 9.93. The summed E-state index contributed by atoms with van der Waals surface area (Å²) in [7, 11) is 0. The average Bonchev–Trinajstić information content (AvgIpc) is 3.25. The Balaban J connectivity index is 1.28. The summed E-state index contributed by atoms with van der Waals surface area (Å²) in [4.78, 5) is 39.7. The van der Waals surface area contributed by atoms with Crippen LogP contribution in [0.25, 0.3) is 0 Å². The number of Topliss-reactive ketones (excluding diaryl/α,β-unsaturated/α-hetero) is 1. The highest BCUT2D eigenvalue weighted by molar-refractivity contribution is 5.97. The van der Waals surface area contributed by atoms with Crippen molar-refractivity contribution < 1.29 is 28.2 Å². The van der Waals surface area contributed by atoms with Gasteiger partial charge in [0.1, 0.15) is 5.82 Å². The summed E-state index contributed by atoms with van der Waals surface area (Å²) in [5.74, 6) is -0.150. The minimum atomic E-state index is -0.455. The topological polar surface area (TPSA) is 88.2 Å². The molecule has 2 heterocycles. The summed E-state index contributed by atoms with van der Waals surface area (Å²) < 4.78 is 24.8. The van der Waals surface area contributed by atoms with E-state index in [4.69, 9.17) is 9.47 Å². The summed E-state index contributed by atoms with van der Waals surface area (Å²) in [5, 5.41) is 2.62. The van der Waals surface area contributed by atoms with E-state index in [1.165, 1.54) is 13.0 Å². The Kier molecular flexibility index (Phi) is 5.75. The van der Waals surface area contributed by atoms with E-state index >= 15 is 0 Å². The summed E-state index contributed by atoms with van der Waals surface area (Å²) in [6.45, 7) is 3.12. The smallest absolute Gasteiger partial charge is 0.251 e. The SMILES string of the molecule is CC(=O)c1ccc(N2CCN(C(=O)CNC(=O)c3ccc4c(c3)OCO4)CC2)c(F)c1. The number of nitrogens with one attached hydrogen (secondary N) is 1. The number of rotatable bonds is 5. The van der Waals surface area contributed by atoms with Gasteiger partial charge in [0, 0.05) is 37.3 Å². The van der Waals surface area contributed by atoms with Crippen molar-refractivity contribution in [1.82, 2.24) is 10.2 Å². The Morgan fingerprint density at radius 1 is 0.968 bits per heavy atom. The molecular weight excluding hydrogens is 405 g/mol. The molecule has 2 aliphatic rings. The first-order chi connectivity index (χ1) is 14.9. The molecule has 9 heteroatoms. The van der Waals surface area contributed by atoms with E-state index in [2.05, 4.69) is 5.32 Å². The summed E-state index contributed by atoms with van der Waals surface area (Å²) in [6.07, 6.45) is 0. The molecule has 1 fully saturated rings. The molecule has 1 saturated heterocycles. The van der Waals surface area contributed by atoms with Crippen LogP contribution in [0.1, 0.15) is 27.6 Å². The molecule has 0 aliphatic carbocycles. The molecule has 8 nitrogen and oxygen atoms in total. The number of hydrogen-bond acceptors (Lipinski definition) is 6. The minimum Gasteiger partial charge on any atom is -0.454 e. The number of carbonyl (C=O) groups is 3. The number of piperazine rings is 1. The Morgan fingerprint density at radius 3 is 2.39 bits per heavy atom. The van der Waals surface area contributed by atoms with Gasteiger partial charge in [-0.1, -0.05) is 0 Å². The third kappa shape index (κ3) is 4.45. The third-order valence-corrected chi connectivity index (χ3v) is 5.36. The summed E-state index contributed by atoms with van der Waals surface area (Å²) in [6, 6.07) is 9.27. The lowest BCUT2D eigenvalue weighted by Gasteiger charge is -2.36. The van der Waals surface area contributed by atoms with Gasteiger partial charge in [0.25, 0.3) is 5.91 Å². The zero-order chi connectivity index (χ0) is 22.0. The number of ketones is 1. The van der Waals surface area contributed by atoms with E-state index in [1.807, 2.05) is 4.90 Å². The minimum absolute atomic E-state index is 0.121. The normalized spacial score (nSPS) is 15.0. The number of anilines is 1. The van der Waals surface area contributed by atoms with Crippen LogP contribution in [-0.4, -0.2) is 62.0 Å². The van der Waals surface area contributed by atoms with Gasteiger partial charge >= 0.3 is 0 Å². The van der Waals surface area contributed by atoms with Crippen LogP contribution in [0.15, 0.2) is 36.4 Å². The summed E-state index contributed by atoms with van der Waals surface area (Å²) in [5.41, 5.74) is 1.12. The van der Waals surface area contributed by atoms with Gasteiger partial charge < -0.3 is 24.6 Å². The number of hydrogen-bond donors (Lipinski definition) is 1. The lowest BCUT2D eigenvalue weighted by molar-refractivity contribution is -0.130. The first-order valence-corrected chi connectivity index (χ1v) is 9.93. The van der Waals surface area contributed by atoms with Crippen molar-refractivity contribution in [3.63, 3.8) is 0 Å². The van der Waals surface area contributed by atoms with Crippen molar-refractivity contribution in [1.29, 1.82) is 0 Å². The van der Waals surface area contributed by atoms with E-state index in [0.29, 0.717) is 54.5 Å². The van der Waals surface area contributed by atoms with Crippen LogP contribution in [0, 0.1) is 5.82 Å². The van der Waals surface area contributed by atoms with Gasteiger partial charge in [0.05, 0.1) is 12.2 Å². The number of nitrogens with zero attached hydrogens (tertiary/aromatic N) is 2. The molecular formula is C22H22FN3O5. The second-order valence-electron chi connectivity index (χ2n) is 7.34. The van der Waals surface area contributed by atoms with Crippen molar-refractivity contribution in [2.24, 2.45) is 0 Å². The van der Waals surface area contributed by atoms with Gasteiger partial charge in [-0.05, 0) is 43.3 Å². The van der Waals surface area contributed by atoms with Crippen LogP contribution in [0.3, 0.4) is 0 Å². The fourth-order valence-electron chi connectivity index (χ4n) is 3.59. The quantitative estimate of drug-likeness (QED) is 0.733. The molecule has 4 rings (SSSR count). The highest BCUT2D eigenvalue weighted by Crippen LogP contribution is 2.32. The zero-order valence-electron chi connectivity index (χ0n) is 17.0. The number of fused-ring (bicyclic) bond motifs is 1.